The summed E-state index contributed by atoms with van der Waals surface area (Å²) in [6, 6.07) is 18.2. The summed E-state index contributed by atoms with van der Waals surface area (Å²) in [5.74, 6) is 2.24. The fourth-order valence-corrected chi connectivity index (χ4v) is 4.77. The van der Waals surface area contributed by atoms with Gasteiger partial charge in [-0.05, 0) is 49.7 Å². The molecule has 2 N–H and O–H groups in total. The number of para-hydroxylation sites is 2. The Bertz CT molecular complexity index is 1180. The van der Waals surface area contributed by atoms with E-state index in [-0.39, 0.29) is 12.3 Å². The highest BCUT2D eigenvalue weighted by Crippen LogP contribution is 2.44. The van der Waals surface area contributed by atoms with Crippen LogP contribution in [0.5, 0.6) is 17.2 Å². The summed E-state index contributed by atoms with van der Waals surface area (Å²) in [5.41, 5.74) is 6.46. The van der Waals surface area contributed by atoms with Crippen LogP contribution in [0.4, 0.5) is 17.1 Å². The van der Waals surface area contributed by atoms with Gasteiger partial charge in [0, 0.05) is 50.0 Å². The smallest absolute Gasteiger partial charge is 0.188 e. The molecular weight excluding hydrogens is 442 g/mol. The lowest BCUT2D eigenvalue weighted by Crippen LogP contribution is -2.47. The molecule has 0 radical (unpaired) electrons. The van der Waals surface area contributed by atoms with E-state index in [1.54, 1.807) is 21.3 Å². The van der Waals surface area contributed by atoms with Gasteiger partial charge in [0.05, 0.1) is 31.3 Å². The number of fused-ring (bicyclic) bond motifs is 1. The average Bonchev–Trinajstić information content (AvgIpc) is 2.85. The molecule has 35 heavy (non-hydrogen) atoms. The number of rotatable bonds is 9. The van der Waals surface area contributed by atoms with Crippen LogP contribution in [-0.2, 0) is 11.3 Å². The maximum atomic E-state index is 5.79. The van der Waals surface area contributed by atoms with E-state index >= 15 is 0 Å². The van der Waals surface area contributed by atoms with Gasteiger partial charge in [-0.25, -0.2) is 0 Å². The number of ether oxygens (including phenoxy) is 4. The normalized spacial score (nSPS) is 14.1. The molecule has 0 spiro atoms. The molecule has 0 aromatic heterocycles. The third-order valence-corrected chi connectivity index (χ3v) is 6.14. The first-order valence-electron chi connectivity index (χ1n) is 11.7. The Morgan fingerprint density at radius 1 is 0.943 bits per heavy atom. The summed E-state index contributed by atoms with van der Waals surface area (Å²) in [6.45, 7) is 6.11. The van der Waals surface area contributed by atoms with Gasteiger partial charge in [-0.1, -0.05) is 18.2 Å². The van der Waals surface area contributed by atoms with Crippen molar-refractivity contribution in [1.82, 2.24) is 0 Å². The predicted octanol–water partition coefficient (Wildman–Crippen LogP) is 5.61. The van der Waals surface area contributed by atoms with Gasteiger partial charge in [0.1, 0.15) is 17.2 Å². The molecule has 0 bridgehead atoms. The van der Waals surface area contributed by atoms with E-state index < -0.39 is 0 Å². The topological polar surface area (TPSA) is 64.2 Å². The molecular formula is C28H35N3O4. The largest absolute Gasteiger partial charge is 0.496 e. The lowest BCUT2D eigenvalue weighted by Gasteiger charge is -2.42. The number of benzene rings is 3. The zero-order valence-corrected chi connectivity index (χ0v) is 21.4. The summed E-state index contributed by atoms with van der Waals surface area (Å²) < 4.78 is 22.0. The minimum Gasteiger partial charge on any atom is -0.496 e. The maximum absolute atomic E-state index is 5.79. The van der Waals surface area contributed by atoms with E-state index in [4.69, 9.17) is 18.9 Å². The number of nitrogens with one attached hydrogen (secondary N) is 2. The SMILES string of the molecule is COCOc1ccc(-c2ccc3c(c2CNc2ccccc2OC)N(C)CC(C)(C)N3)c(OC)c1. The molecule has 7 heteroatoms. The zero-order valence-electron chi connectivity index (χ0n) is 21.4. The second-order valence-electron chi connectivity index (χ2n) is 9.32. The molecule has 0 unspecified atom stereocenters. The van der Waals surface area contributed by atoms with Crippen LogP contribution in [0, 0.1) is 0 Å². The summed E-state index contributed by atoms with van der Waals surface area (Å²) >= 11 is 0. The molecule has 4 rings (SSSR count). The Balaban J connectivity index is 1.81. The fourth-order valence-electron chi connectivity index (χ4n) is 4.77. The number of anilines is 3. The first kappa shape index (κ1) is 24.5. The van der Waals surface area contributed by atoms with Gasteiger partial charge in [0.2, 0.25) is 0 Å². The predicted molar refractivity (Wildman–Crippen MR) is 142 cm³/mol. The molecule has 0 saturated heterocycles. The van der Waals surface area contributed by atoms with E-state index in [1.165, 1.54) is 11.3 Å². The molecule has 0 aliphatic carbocycles. The molecule has 1 aliphatic rings. The third kappa shape index (κ3) is 5.25. The molecule has 3 aromatic rings. The molecule has 186 valence electrons. The Hall–Kier alpha value is -3.58. The van der Waals surface area contributed by atoms with Crippen LogP contribution in [-0.4, -0.2) is 47.3 Å². The molecule has 0 amide bonds. The number of methoxy groups -OCH3 is 3. The fraction of sp³-hybridized carbons (Fsp3) is 0.357. The van der Waals surface area contributed by atoms with Gasteiger partial charge in [0.25, 0.3) is 0 Å². The molecule has 0 saturated carbocycles. The van der Waals surface area contributed by atoms with Crippen molar-refractivity contribution >= 4 is 17.1 Å². The van der Waals surface area contributed by atoms with E-state index in [2.05, 4.69) is 48.6 Å². The van der Waals surface area contributed by atoms with Crippen molar-refractivity contribution in [3.05, 3.63) is 60.2 Å². The summed E-state index contributed by atoms with van der Waals surface area (Å²) in [7, 11) is 7.12. The third-order valence-electron chi connectivity index (χ3n) is 6.14. The second kappa shape index (κ2) is 10.4. The van der Waals surface area contributed by atoms with Crippen molar-refractivity contribution in [3.63, 3.8) is 0 Å². The highest BCUT2D eigenvalue weighted by atomic mass is 16.7. The van der Waals surface area contributed by atoms with Gasteiger partial charge < -0.3 is 34.5 Å². The van der Waals surface area contributed by atoms with Crippen LogP contribution in [0.25, 0.3) is 11.1 Å². The molecule has 7 nitrogen and oxygen atoms in total. The molecule has 3 aromatic carbocycles. The highest BCUT2D eigenvalue weighted by Gasteiger charge is 2.30. The average molecular weight is 478 g/mol. The number of hydrogen-bond donors (Lipinski definition) is 2. The Labute approximate surface area is 208 Å². The summed E-state index contributed by atoms with van der Waals surface area (Å²) in [4.78, 5) is 2.33. The van der Waals surface area contributed by atoms with Gasteiger partial charge >= 0.3 is 0 Å². The number of nitrogens with zero attached hydrogens (tertiary/aromatic N) is 1. The second-order valence-corrected chi connectivity index (χ2v) is 9.32. The standard InChI is InChI=1S/C28H35N3O4/c1-28(2)17-31(3)27-22(16-29-23-9-7-8-10-25(23)33-5)20(13-14-24(27)30-28)21-12-11-19(35-18-32-4)15-26(21)34-6/h7-15,29-30H,16-18H2,1-6H3. The van der Waals surface area contributed by atoms with Crippen molar-refractivity contribution in [2.24, 2.45) is 0 Å². The molecule has 1 heterocycles. The van der Waals surface area contributed by atoms with E-state index in [0.717, 1.165) is 40.5 Å². The van der Waals surface area contributed by atoms with Crippen LogP contribution in [0.1, 0.15) is 19.4 Å². The lowest BCUT2D eigenvalue weighted by atomic mass is 9.92. The molecule has 1 aliphatic heterocycles. The van der Waals surface area contributed by atoms with Crippen LogP contribution in [0.3, 0.4) is 0 Å². The molecule has 0 atom stereocenters. The minimum absolute atomic E-state index is 0.0331. The maximum Gasteiger partial charge on any atom is 0.188 e. The van der Waals surface area contributed by atoms with Gasteiger partial charge in [-0.3, -0.25) is 0 Å². The summed E-state index contributed by atoms with van der Waals surface area (Å²) in [6.07, 6.45) is 0. The quantitative estimate of drug-likeness (QED) is 0.389. The van der Waals surface area contributed by atoms with Crippen molar-refractivity contribution in [2.75, 3.05) is 57.2 Å². The van der Waals surface area contributed by atoms with Crippen molar-refractivity contribution in [2.45, 2.75) is 25.9 Å². The lowest BCUT2D eigenvalue weighted by molar-refractivity contribution is 0.0510. The number of hydrogen-bond acceptors (Lipinski definition) is 7. The first-order chi connectivity index (χ1) is 16.9. The monoisotopic (exact) mass is 477 g/mol. The van der Waals surface area contributed by atoms with Crippen molar-refractivity contribution in [3.8, 4) is 28.4 Å². The Morgan fingerprint density at radius 3 is 2.43 bits per heavy atom. The number of likely N-dealkylation sites (N-methyl/N-ethyl adjacent to an activating group) is 1. The zero-order chi connectivity index (χ0) is 25.0. The highest BCUT2D eigenvalue weighted by molar-refractivity contribution is 5.87. The van der Waals surface area contributed by atoms with Crippen LogP contribution < -0.4 is 29.7 Å². The van der Waals surface area contributed by atoms with E-state index in [9.17, 15) is 0 Å². The van der Waals surface area contributed by atoms with Gasteiger partial charge in [-0.15, -0.1) is 0 Å². The van der Waals surface area contributed by atoms with Crippen molar-refractivity contribution in [1.29, 1.82) is 0 Å². The minimum atomic E-state index is -0.0331. The van der Waals surface area contributed by atoms with Crippen molar-refractivity contribution < 1.29 is 18.9 Å². The van der Waals surface area contributed by atoms with E-state index in [1.807, 2.05) is 42.5 Å². The van der Waals surface area contributed by atoms with Gasteiger partial charge in [0.15, 0.2) is 6.79 Å². The van der Waals surface area contributed by atoms with Crippen LogP contribution in [0.2, 0.25) is 0 Å². The molecule has 0 fully saturated rings. The van der Waals surface area contributed by atoms with Crippen LogP contribution in [0.15, 0.2) is 54.6 Å². The van der Waals surface area contributed by atoms with Gasteiger partial charge in [-0.2, -0.15) is 0 Å². The first-order valence-corrected chi connectivity index (χ1v) is 11.7. The Morgan fingerprint density at radius 2 is 1.69 bits per heavy atom. The Kier molecular flexibility index (Phi) is 7.26. The summed E-state index contributed by atoms with van der Waals surface area (Å²) in [5, 5.41) is 7.31. The van der Waals surface area contributed by atoms with E-state index in [0.29, 0.717) is 12.3 Å². The van der Waals surface area contributed by atoms with Crippen LogP contribution >= 0.6 is 0 Å².